The molecule has 0 fully saturated rings. The van der Waals surface area contributed by atoms with Crippen molar-refractivity contribution in [2.24, 2.45) is 0 Å². The number of nitrogens with one attached hydrogen (secondary N) is 1. The topological polar surface area (TPSA) is 19.7 Å². The van der Waals surface area contributed by atoms with Gasteiger partial charge >= 0.3 is 0 Å². The summed E-state index contributed by atoms with van der Waals surface area (Å²) in [6.07, 6.45) is 42.8. The van der Waals surface area contributed by atoms with Gasteiger partial charge in [-0.15, -0.1) is 0 Å². The van der Waals surface area contributed by atoms with E-state index < -0.39 is 0 Å². The van der Waals surface area contributed by atoms with Crippen LogP contribution in [0.25, 0.3) is 0 Å². The fourth-order valence-electron chi connectivity index (χ4n) is 6.24. The fourth-order valence-corrected chi connectivity index (χ4v) is 6.24. The van der Waals surface area contributed by atoms with E-state index in [-0.39, 0.29) is 0 Å². The highest BCUT2D eigenvalue weighted by molar-refractivity contribution is 4.90. The standard InChI is InChI=1S/C36H70N2/c1-5-8-11-13-15-17-19-20-21-23-25-27-29-34(4)38-33-32-37-36(38)35(30-10-7-3)31-28-26-24-22-18-16-14-12-9-6-2/h32-35H,5-31H2,1-4H3/p+1. The Morgan fingerprint density at radius 1 is 0.500 bits per heavy atom. The van der Waals surface area contributed by atoms with Gasteiger partial charge in [0.15, 0.2) is 0 Å². The van der Waals surface area contributed by atoms with Gasteiger partial charge in [-0.1, -0.05) is 168 Å². The van der Waals surface area contributed by atoms with E-state index in [0.29, 0.717) is 12.0 Å². The van der Waals surface area contributed by atoms with E-state index in [1.807, 2.05) is 0 Å². The number of aromatic amines is 1. The van der Waals surface area contributed by atoms with Crippen molar-refractivity contribution in [3.05, 3.63) is 18.2 Å². The van der Waals surface area contributed by atoms with Gasteiger partial charge in [-0.2, -0.15) is 0 Å². The van der Waals surface area contributed by atoms with Crippen LogP contribution >= 0.6 is 0 Å². The molecular weight excluding hydrogens is 460 g/mol. The molecule has 0 bridgehead atoms. The summed E-state index contributed by atoms with van der Waals surface area (Å²) in [4.78, 5) is 3.69. The lowest BCUT2D eigenvalue weighted by atomic mass is 9.93. The van der Waals surface area contributed by atoms with Gasteiger partial charge in [0.25, 0.3) is 5.82 Å². The van der Waals surface area contributed by atoms with Gasteiger partial charge in [0, 0.05) is 0 Å². The normalized spacial score (nSPS) is 13.3. The maximum atomic E-state index is 3.69. The summed E-state index contributed by atoms with van der Waals surface area (Å²) < 4.78 is 2.61. The molecule has 2 unspecified atom stereocenters. The fraction of sp³-hybridized carbons (Fsp3) is 0.917. The predicted molar refractivity (Wildman–Crippen MR) is 170 cm³/mol. The summed E-state index contributed by atoms with van der Waals surface area (Å²) in [6.45, 7) is 9.41. The zero-order chi connectivity index (χ0) is 27.5. The maximum Gasteiger partial charge on any atom is 0.257 e. The third kappa shape index (κ3) is 18.5. The number of hydrogen-bond acceptors (Lipinski definition) is 0. The van der Waals surface area contributed by atoms with Crippen LogP contribution in [0.15, 0.2) is 12.4 Å². The largest absolute Gasteiger partial charge is 0.257 e. The molecule has 0 aliphatic heterocycles. The zero-order valence-corrected chi connectivity index (χ0v) is 26.8. The summed E-state index contributed by atoms with van der Waals surface area (Å²) in [7, 11) is 0. The van der Waals surface area contributed by atoms with Gasteiger partial charge in [0.05, 0.1) is 12.0 Å². The van der Waals surface area contributed by atoms with Crippen molar-refractivity contribution >= 4 is 0 Å². The Hall–Kier alpha value is -0.790. The Kier molecular flexibility index (Phi) is 24.5. The summed E-state index contributed by atoms with van der Waals surface area (Å²) in [5.74, 6) is 2.23. The molecule has 0 saturated carbocycles. The molecule has 1 heterocycles. The third-order valence-corrected chi connectivity index (χ3v) is 8.89. The average Bonchev–Trinajstić information content (AvgIpc) is 3.42. The molecule has 0 aromatic carbocycles. The summed E-state index contributed by atoms with van der Waals surface area (Å²) in [5, 5.41) is 0. The lowest BCUT2D eigenvalue weighted by Crippen LogP contribution is -2.41. The zero-order valence-electron chi connectivity index (χ0n) is 26.8. The molecule has 38 heavy (non-hydrogen) atoms. The van der Waals surface area contributed by atoms with Gasteiger partial charge < -0.3 is 0 Å². The molecular formula is C36H71N2+. The van der Waals surface area contributed by atoms with Gasteiger partial charge in [0.1, 0.15) is 12.4 Å². The Bertz CT molecular complexity index is 592. The van der Waals surface area contributed by atoms with Gasteiger partial charge in [-0.05, 0) is 32.6 Å². The lowest BCUT2D eigenvalue weighted by molar-refractivity contribution is -0.727. The second-order valence-corrected chi connectivity index (χ2v) is 12.6. The quantitative estimate of drug-likeness (QED) is 0.0783. The van der Waals surface area contributed by atoms with E-state index in [9.17, 15) is 0 Å². The number of unbranched alkanes of at least 4 members (excludes halogenated alkanes) is 21. The molecule has 0 aliphatic rings. The SMILES string of the molecule is CCCCCCCCCCCCCCC(C)[n+]1cc[nH]c1C(CCCC)CCCCCCCCCCCC. The molecule has 224 valence electrons. The molecule has 1 rings (SSSR count). The van der Waals surface area contributed by atoms with Crippen molar-refractivity contribution < 1.29 is 4.57 Å². The van der Waals surface area contributed by atoms with Crippen LogP contribution < -0.4 is 4.57 Å². The molecule has 1 aromatic heterocycles. The van der Waals surface area contributed by atoms with E-state index in [2.05, 4.69) is 49.6 Å². The van der Waals surface area contributed by atoms with E-state index in [1.165, 1.54) is 179 Å². The summed E-state index contributed by atoms with van der Waals surface area (Å²) in [5.41, 5.74) is 0. The van der Waals surface area contributed by atoms with Gasteiger partial charge in [-0.25, -0.2) is 9.55 Å². The first-order valence-corrected chi connectivity index (χ1v) is 17.8. The summed E-state index contributed by atoms with van der Waals surface area (Å²) >= 11 is 0. The van der Waals surface area contributed by atoms with Crippen LogP contribution in [0, 0.1) is 0 Å². The van der Waals surface area contributed by atoms with Crippen molar-refractivity contribution in [1.82, 2.24) is 4.98 Å². The van der Waals surface area contributed by atoms with Gasteiger partial charge in [0.2, 0.25) is 0 Å². The summed E-state index contributed by atoms with van der Waals surface area (Å²) in [6, 6.07) is 0.621. The predicted octanol–water partition coefficient (Wildman–Crippen LogP) is 12.5. The van der Waals surface area contributed by atoms with Crippen LogP contribution in [-0.4, -0.2) is 4.98 Å². The highest BCUT2D eigenvalue weighted by Crippen LogP contribution is 2.26. The monoisotopic (exact) mass is 532 g/mol. The van der Waals surface area contributed by atoms with Crippen LogP contribution in [0.2, 0.25) is 0 Å². The van der Waals surface area contributed by atoms with E-state index in [4.69, 9.17) is 0 Å². The lowest BCUT2D eigenvalue weighted by Gasteiger charge is -2.17. The number of imidazole rings is 1. The van der Waals surface area contributed by atoms with Gasteiger partial charge in [-0.3, -0.25) is 0 Å². The number of rotatable bonds is 29. The first-order valence-electron chi connectivity index (χ1n) is 17.8. The molecule has 1 N–H and O–H groups in total. The molecule has 0 saturated heterocycles. The molecule has 2 nitrogen and oxygen atoms in total. The minimum absolute atomic E-state index is 0.621. The Morgan fingerprint density at radius 3 is 1.32 bits per heavy atom. The molecule has 0 amide bonds. The van der Waals surface area contributed by atoms with Crippen LogP contribution in [0.1, 0.15) is 219 Å². The highest BCUT2D eigenvalue weighted by Gasteiger charge is 2.25. The molecule has 2 atom stereocenters. The Morgan fingerprint density at radius 2 is 0.868 bits per heavy atom. The average molecular weight is 532 g/mol. The van der Waals surface area contributed by atoms with E-state index in [1.54, 1.807) is 0 Å². The highest BCUT2D eigenvalue weighted by atomic mass is 15.1. The second kappa shape index (κ2) is 26.4. The molecule has 2 heteroatoms. The van der Waals surface area contributed by atoms with E-state index in [0.717, 1.165) is 0 Å². The number of aromatic nitrogens is 2. The van der Waals surface area contributed by atoms with E-state index >= 15 is 0 Å². The van der Waals surface area contributed by atoms with Crippen molar-refractivity contribution in [3.63, 3.8) is 0 Å². The first-order chi connectivity index (χ1) is 18.7. The van der Waals surface area contributed by atoms with Crippen LogP contribution in [0.4, 0.5) is 0 Å². The Labute approximate surface area is 240 Å². The molecule has 1 aromatic rings. The maximum absolute atomic E-state index is 3.69. The minimum atomic E-state index is 0.621. The molecule has 0 radical (unpaired) electrons. The van der Waals surface area contributed by atoms with Crippen molar-refractivity contribution in [2.75, 3.05) is 0 Å². The van der Waals surface area contributed by atoms with Crippen molar-refractivity contribution in [3.8, 4) is 0 Å². The molecule has 0 aliphatic carbocycles. The molecule has 0 spiro atoms. The third-order valence-electron chi connectivity index (χ3n) is 8.89. The number of nitrogens with zero attached hydrogens (tertiary/aromatic N) is 1. The van der Waals surface area contributed by atoms with Crippen molar-refractivity contribution in [2.45, 2.75) is 213 Å². The van der Waals surface area contributed by atoms with Crippen LogP contribution in [0.5, 0.6) is 0 Å². The van der Waals surface area contributed by atoms with Crippen LogP contribution in [0.3, 0.4) is 0 Å². The second-order valence-electron chi connectivity index (χ2n) is 12.6. The number of hydrogen-bond donors (Lipinski definition) is 1. The van der Waals surface area contributed by atoms with Crippen molar-refractivity contribution in [1.29, 1.82) is 0 Å². The smallest absolute Gasteiger partial charge is 0.247 e. The van der Waals surface area contributed by atoms with Crippen LogP contribution in [-0.2, 0) is 0 Å². The Balaban J connectivity index is 2.24. The number of H-pyrrole nitrogens is 1. The first kappa shape index (κ1) is 35.2. The minimum Gasteiger partial charge on any atom is -0.247 e.